The van der Waals surface area contributed by atoms with E-state index in [1.165, 1.54) is 17.0 Å². The van der Waals surface area contributed by atoms with Crippen LogP contribution in [0.2, 0.25) is 0 Å². The van der Waals surface area contributed by atoms with Crippen LogP contribution in [0.4, 0.5) is 18.9 Å². The summed E-state index contributed by atoms with van der Waals surface area (Å²) in [5.74, 6) is -0.235. The Morgan fingerprint density at radius 3 is 2.41 bits per heavy atom. The maximum absolute atomic E-state index is 12.5. The minimum Gasteiger partial charge on any atom is -0.454 e. The van der Waals surface area contributed by atoms with E-state index in [4.69, 9.17) is 9.47 Å². The van der Waals surface area contributed by atoms with Gasteiger partial charge in [0.15, 0.2) is 11.5 Å². The first kappa shape index (κ1) is 18.9. The summed E-state index contributed by atoms with van der Waals surface area (Å²) in [4.78, 5) is 26.3. The van der Waals surface area contributed by atoms with Gasteiger partial charge in [0.25, 0.3) is 5.91 Å². The number of anilines is 1. The number of nitrogens with zero attached hydrogens (tertiary/aromatic N) is 1. The molecule has 0 atom stereocenters. The Balaban J connectivity index is 1.29. The first-order valence-corrected chi connectivity index (χ1v) is 8.64. The second-order valence-corrected chi connectivity index (χ2v) is 6.54. The largest absolute Gasteiger partial charge is 0.573 e. The number of carbonyl (C=O) groups excluding carboxylic acids is 2. The second-order valence-electron chi connectivity index (χ2n) is 6.54. The third-order valence-electron chi connectivity index (χ3n) is 4.51. The van der Waals surface area contributed by atoms with Crippen molar-refractivity contribution in [2.45, 2.75) is 6.36 Å². The van der Waals surface area contributed by atoms with Crippen molar-refractivity contribution < 1.29 is 37.0 Å². The molecule has 0 radical (unpaired) electrons. The molecule has 0 spiro atoms. The molecule has 152 valence electrons. The molecule has 0 saturated carbocycles. The monoisotopic (exact) mass is 408 g/mol. The van der Waals surface area contributed by atoms with Crippen molar-refractivity contribution in [1.82, 2.24) is 4.90 Å². The molecule has 2 aromatic carbocycles. The predicted octanol–water partition coefficient (Wildman–Crippen LogP) is 3.02. The Morgan fingerprint density at radius 1 is 1.03 bits per heavy atom. The van der Waals surface area contributed by atoms with Crippen LogP contribution in [0.15, 0.2) is 42.5 Å². The van der Waals surface area contributed by atoms with E-state index in [1.807, 2.05) is 0 Å². The zero-order chi connectivity index (χ0) is 20.6. The maximum Gasteiger partial charge on any atom is 0.573 e. The summed E-state index contributed by atoms with van der Waals surface area (Å²) in [6.45, 7) is 0.602. The number of amides is 2. The average Bonchev–Trinajstić information content (AvgIpc) is 3.08. The molecule has 2 heterocycles. The first-order valence-electron chi connectivity index (χ1n) is 8.64. The number of ether oxygens (including phenoxy) is 3. The van der Waals surface area contributed by atoms with E-state index < -0.39 is 12.3 Å². The van der Waals surface area contributed by atoms with E-state index in [0.717, 1.165) is 12.1 Å². The van der Waals surface area contributed by atoms with E-state index in [-0.39, 0.29) is 37.4 Å². The Bertz CT molecular complexity index is 940. The van der Waals surface area contributed by atoms with Gasteiger partial charge in [0.05, 0.1) is 5.92 Å². The van der Waals surface area contributed by atoms with Crippen molar-refractivity contribution in [3.63, 3.8) is 0 Å². The lowest BCUT2D eigenvalue weighted by atomic mass is 9.97. The lowest BCUT2D eigenvalue weighted by Gasteiger charge is -2.38. The summed E-state index contributed by atoms with van der Waals surface area (Å²) in [6, 6.07) is 9.74. The summed E-state index contributed by atoms with van der Waals surface area (Å²) in [5, 5.41) is 2.62. The highest BCUT2D eigenvalue weighted by Gasteiger charge is 2.36. The zero-order valence-electron chi connectivity index (χ0n) is 14.9. The second kappa shape index (κ2) is 7.19. The van der Waals surface area contributed by atoms with Gasteiger partial charge in [-0.1, -0.05) is 0 Å². The summed E-state index contributed by atoms with van der Waals surface area (Å²) in [5.41, 5.74) is 0.776. The topological polar surface area (TPSA) is 77.1 Å². The van der Waals surface area contributed by atoms with Gasteiger partial charge in [-0.05, 0) is 42.5 Å². The fraction of sp³-hybridized carbons (Fsp3) is 0.263. The van der Waals surface area contributed by atoms with Gasteiger partial charge in [-0.2, -0.15) is 0 Å². The van der Waals surface area contributed by atoms with Crippen molar-refractivity contribution >= 4 is 17.5 Å². The highest BCUT2D eigenvalue weighted by atomic mass is 19.4. The number of hydrogen-bond donors (Lipinski definition) is 1. The third kappa shape index (κ3) is 4.20. The van der Waals surface area contributed by atoms with Crippen LogP contribution in [0, 0.1) is 5.92 Å². The van der Waals surface area contributed by atoms with Crippen molar-refractivity contribution in [1.29, 1.82) is 0 Å². The zero-order valence-corrected chi connectivity index (χ0v) is 14.9. The minimum atomic E-state index is -4.77. The van der Waals surface area contributed by atoms with Gasteiger partial charge in [-0.15, -0.1) is 13.2 Å². The first-order chi connectivity index (χ1) is 13.8. The van der Waals surface area contributed by atoms with Gasteiger partial charge in [0, 0.05) is 24.3 Å². The summed E-state index contributed by atoms with van der Waals surface area (Å²) >= 11 is 0. The van der Waals surface area contributed by atoms with E-state index >= 15 is 0 Å². The number of likely N-dealkylation sites (tertiary alicyclic amines) is 1. The minimum absolute atomic E-state index is 0.113. The molecule has 2 aromatic rings. The number of fused-ring (bicyclic) bond motifs is 1. The molecule has 1 saturated heterocycles. The van der Waals surface area contributed by atoms with Gasteiger partial charge in [0.2, 0.25) is 12.7 Å². The molecule has 10 heteroatoms. The molecule has 1 fully saturated rings. The Morgan fingerprint density at radius 2 is 1.72 bits per heavy atom. The normalized spacial score (nSPS) is 15.6. The molecule has 2 aliphatic heterocycles. The standard InChI is InChI=1S/C19H15F3N2O5/c20-19(21,22)29-14-4-2-13(3-5-14)23-17(25)12-8-24(9-12)18(26)11-1-6-15-16(7-11)28-10-27-15/h1-7,12H,8-10H2,(H,23,25). The van der Waals surface area contributed by atoms with Gasteiger partial charge in [-0.25, -0.2) is 0 Å². The molecular weight excluding hydrogens is 393 g/mol. The summed E-state index contributed by atoms with van der Waals surface area (Å²) in [7, 11) is 0. The van der Waals surface area contributed by atoms with Crippen LogP contribution in [0.3, 0.4) is 0 Å². The smallest absolute Gasteiger partial charge is 0.454 e. The van der Waals surface area contributed by atoms with Crippen molar-refractivity contribution in [3.8, 4) is 17.2 Å². The molecule has 29 heavy (non-hydrogen) atoms. The molecule has 1 N–H and O–H groups in total. The van der Waals surface area contributed by atoms with Crippen LogP contribution in [0.25, 0.3) is 0 Å². The fourth-order valence-corrected chi connectivity index (χ4v) is 3.01. The van der Waals surface area contributed by atoms with E-state index in [9.17, 15) is 22.8 Å². The van der Waals surface area contributed by atoms with Gasteiger partial charge in [0.1, 0.15) is 5.75 Å². The van der Waals surface area contributed by atoms with Crippen LogP contribution in [-0.4, -0.2) is 43.0 Å². The lowest BCUT2D eigenvalue weighted by molar-refractivity contribution is -0.274. The van der Waals surface area contributed by atoms with Gasteiger partial charge < -0.3 is 24.4 Å². The number of halogens is 3. The summed E-state index contributed by atoms with van der Waals surface area (Å²) in [6.07, 6.45) is -4.77. The number of benzene rings is 2. The van der Waals surface area contributed by atoms with Gasteiger partial charge in [-0.3, -0.25) is 9.59 Å². The number of hydrogen-bond acceptors (Lipinski definition) is 5. The average molecular weight is 408 g/mol. The van der Waals surface area contributed by atoms with Crippen LogP contribution in [-0.2, 0) is 4.79 Å². The predicted molar refractivity (Wildman–Crippen MR) is 93.7 cm³/mol. The van der Waals surface area contributed by atoms with E-state index in [2.05, 4.69) is 10.1 Å². The molecule has 0 aromatic heterocycles. The van der Waals surface area contributed by atoms with E-state index in [1.54, 1.807) is 18.2 Å². The van der Waals surface area contributed by atoms with Crippen LogP contribution >= 0.6 is 0 Å². The van der Waals surface area contributed by atoms with E-state index in [0.29, 0.717) is 22.7 Å². The molecule has 0 unspecified atom stereocenters. The molecule has 2 amide bonds. The highest BCUT2D eigenvalue weighted by molar-refractivity contribution is 5.99. The Hall–Kier alpha value is -3.43. The molecule has 7 nitrogen and oxygen atoms in total. The number of carbonyl (C=O) groups is 2. The third-order valence-corrected chi connectivity index (χ3v) is 4.51. The molecule has 2 aliphatic rings. The van der Waals surface area contributed by atoms with Gasteiger partial charge >= 0.3 is 6.36 Å². The lowest BCUT2D eigenvalue weighted by Crippen LogP contribution is -2.54. The fourth-order valence-electron chi connectivity index (χ4n) is 3.01. The molecular formula is C19H15F3N2O5. The number of nitrogens with one attached hydrogen (secondary N) is 1. The maximum atomic E-state index is 12.5. The molecule has 0 aliphatic carbocycles. The van der Waals surface area contributed by atoms with Crippen molar-refractivity contribution in [2.24, 2.45) is 5.92 Å². The SMILES string of the molecule is O=C(Nc1ccc(OC(F)(F)F)cc1)C1CN(C(=O)c2ccc3c(c2)OCO3)C1. The van der Waals surface area contributed by atoms with Crippen LogP contribution in [0.5, 0.6) is 17.2 Å². The van der Waals surface area contributed by atoms with Crippen LogP contribution < -0.4 is 19.5 Å². The number of rotatable bonds is 4. The van der Waals surface area contributed by atoms with Crippen molar-refractivity contribution in [3.05, 3.63) is 48.0 Å². The van der Waals surface area contributed by atoms with Crippen LogP contribution in [0.1, 0.15) is 10.4 Å². The number of alkyl halides is 3. The quantitative estimate of drug-likeness (QED) is 0.842. The highest BCUT2D eigenvalue weighted by Crippen LogP contribution is 2.33. The summed E-state index contributed by atoms with van der Waals surface area (Å²) < 4.78 is 50.7. The Labute approximate surface area is 163 Å². The molecule has 0 bridgehead atoms. The van der Waals surface area contributed by atoms with Crippen molar-refractivity contribution in [2.75, 3.05) is 25.2 Å². The molecule has 4 rings (SSSR count). The Kier molecular flexibility index (Phi) is 4.69.